The van der Waals surface area contributed by atoms with Gasteiger partial charge in [0.2, 0.25) is 0 Å². The number of rotatable bonds is 13. The zero-order valence-electron chi connectivity index (χ0n) is 29.6. The standard InChI is InChI=1S/C42H50O6SSi/c1-41(2,3)50(32-18-9-7-10-19-32,33-20-11-8-12-21-33)48-37(39-29-31-17-15-16-23-38(31)49-39)26-25-35-34(22-13-5-6-14-24-40(44)45-4)36(43)30-42(35)46-27-28-47-42/h5,7-13,15-21,23,25-26,29,34-37,43H,6,14,22,24,27-28,30H2,1-4H3/t34-,35+,36-,37-/m1/s1. The number of methoxy groups -OCH3 is 1. The largest absolute Gasteiger partial charge is 0.469 e. The van der Waals surface area contributed by atoms with E-state index in [1.54, 1.807) is 11.3 Å². The molecule has 1 saturated carbocycles. The number of thiophene rings is 1. The molecule has 2 aliphatic rings. The first-order chi connectivity index (χ1) is 24.2. The summed E-state index contributed by atoms with van der Waals surface area (Å²) in [7, 11) is -1.52. The number of hydrogen-bond donors (Lipinski definition) is 1. The topological polar surface area (TPSA) is 74.2 Å². The molecule has 1 saturated heterocycles. The molecule has 1 aliphatic carbocycles. The van der Waals surface area contributed by atoms with Crippen LogP contribution in [0.15, 0.2) is 115 Å². The maximum atomic E-state index is 11.5. The number of benzene rings is 3. The molecule has 1 N–H and O–H groups in total. The molecule has 2 fully saturated rings. The third-order valence-electron chi connectivity index (χ3n) is 10.2. The van der Waals surface area contributed by atoms with Gasteiger partial charge in [0.15, 0.2) is 5.79 Å². The predicted molar refractivity (Wildman–Crippen MR) is 204 cm³/mol. The Labute approximate surface area is 301 Å². The molecule has 0 bridgehead atoms. The number of esters is 1. The Balaban J connectivity index is 1.40. The van der Waals surface area contributed by atoms with E-state index in [2.05, 4.69) is 136 Å². The van der Waals surface area contributed by atoms with Gasteiger partial charge >= 0.3 is 5.97 Å². The van der Waals surface area contributed by atoms with Crippen molar-refractivity contribution in [3.8, 4) is 0 Å². The smallest absolute Gasteiger partial charge is 0.305 e. The number of carbonyl (C=O) groups excluding carboxylic acids is 1. The quantitative estimate of drug-likeness (QED) is 0.0655. The van der Waals surface area contributed by atoms with Gasteiger partial charge in [-0.15, -0.1) is 11.3 Å². The minimum absolute atomic E-state index is 0.0999. The second-order valence-corrected chi connectivity index (χ2v) is 19.8. The van der Waals surface area contributed by atoms with Crippen molar-refractivity contribution in [2.24, 2.45) is 11.8 Å². The summed E-state index contributed by atoms with van der Waals surface area (Å²) in [5.41, 5.74) is 0. The van der Waals surface area contributed by atoms with Crippen LogP contribution in [0, 0.1) is 11.8 Å². The van der Waals surface area contributed by atoms with E-state index in [9.17, 15) is 9.90 Å². The lowest BCUT2D eigenvalue weighted by Crippen LogP contribution is -2.66. The van der Waals surface area contributed by atoms with Gasteiger partial charge in [-0.3, -0.25) is 4.79 Å². The Morgan fingerprint density at radius 3 is 2.24 bits per heavy atom. The van der Waals surface area contributed by atoms with Crippen molar-refractivity contribution in [2.75, 3.05) is 20.3 Å². The number of aliphatic hydroxyl groups is 1. The molecule has 1 aromatic heterocycles. The first kappa shape index (κ1) is 36.4. The number of hydrogen-bond acceptors (Lipinski definition) is 7. The van der Waals surface area contributed by atoms with Gasteiger partial charge in [0.1, 0.15) is 0 Å². The van der Waals surface area contributed by atoms with Crippen LogP contribution in [0.3, 0.4) is 0 Å². The highest BCUT2D eigenvalue weighted by Crippen LogP contribution is 2.49. The molecule has 4 aromatic rings. The highest BCUT2D eigenvalue weighted by atomic mass is 32.1. The van der Waals surface area contributed by atoms with Crippen molar-refractivity contribution in [3.63, 3.8) is 0 Å². The maximum Gasteiger partial charge on any atom is 0.305 e. The molecular formula is C42H50O6SSi. The molecule has 6 rings (SSSR count). The summed E-state index contributed by atoms with van der Waals surface area (Å²) in [4.78, 5) is 12.7. The Morgan fingerprint density at radius 1 is 0.980 bits per heavy atom. The van der Waals surface area contributed by atoms with E-state index >= 15 is 0 Å². The van der Waals surface area contributed by atoms with E-state index in [0.717, 1.165) is 17.7 Å². The van der Waals surface area contributed by atoms with Crippen molar-refractivity contribution in [1.82, 2.24) is 0 Å². The van der Waals surface area contributed by atoms with Gasteiger partial charge in [0, 0.05) is 28.3 Å². The van der Waals surface area contributed by atoms with Crippen LogP contribution >= 0.6 is 11.3 Å². The zero-order valence-corrected chi connectivity index (χ0v) is 31.4. The maximum absolute atomic E-state index is 11.5. The van der Waals surface area contributed by atoms with Gasteiger partial charge in [-0.2, -0.15) is 0 Å². The van der Waals surface area contributed by atoms with Gasteiger partial charge in [-0.1, -0.05) is 124 Å². The van der Waals surface area contributed by atoms with Crippen LogP contribution in [-0.4, -0.2) is 51.6 Å². The van der Waals surface area contributed by atoms with Gasteiger partial charge in [0.05, 0.1) is 32.5 Å². The van der Waals surface area contributed by atoms with Crippen molar-refractivity contribution >= 4 is 46.1 Å². The lowest BCUT2D eigenvalue weighted by Gasteiger charge is -2.44. The second kappa shape index (κ2) is 15.9. The van der Waals surface area contributed by atoms with Gasteiger partial charge in [0.25, 0.3) is 8.32 Å². The summed E-state index contributed by atoms with van der Waals surface area (Å²) in [6.07, 6.45) is 10.7. The number of unbranched alkanes of at least 4 members (excludes halogenated alkanes) is 1. The minimum atomic E-state index is -2.94. The number of aliphatic hydroxyl groups excluding tert-OH is 1. The van der Waals surface area contributed by atoms with E-state index in [-0.39, 0.29) is 28.9 Å². The van der Waals surface area contributed by atoms with Crippen molar-refractivity contribution < 1.29 is 28.5 Å². The molecule has 2 heterocycles. The van der Waals surface area contributed by atoms with E-state index in [4.69, 9.17) is 18.6 Å². The van der Waals surface area contributed by atoms with Crippen LogP contribution in [0.1, 0.15) is 63.9 Å². The molecule has 8 heteroatoms. The summed E-state index contributed by atoms with van der Waals surface area (Å²) in [6.45, 7) is 7.93. The second-order valence-electron chi connectivity index (χ2n) is 14.4. The molecule has 0 radical (unpaired) electrons. The van der Waals surface area contributed by atoms with Crippen LogP contribution in [0.25, 0.3) is 10.1 Å². The Morgan fingerprint density at radius 2 is 1.62 bits per heavy atom. The van der Waals surface area contributed by atoms with Gasteiger partial charge in [-0.05, 0) is 58.1 Å². The fourth-order valence-electron chi connectivity index (χ4n) is 7.79. The number of ether oxygens (including phenoxy) is 3. The number of carbonyl (C=O) groups is 1. The van der Waals surface area contributed by atoms with E-state index in [1.165, 1.54) is 27.6 Å². The van der Waals surface area contributed by atoms with Crippen molar-refractivity contribution in [3.05, 3.63) is 120 Å². The monoisotopic (exact) mass is 710 g/mol. The summed E-state index contributed by atoms with van der Waals surface area (Å²) in [6, 6.07) is 32.3. The van der Waals surface area contributed by atoms with E-state index in [0.29, 0.717) is 32.5 Å². The summed E-state index contributed by atoms with van der Waals surface area (Å²) >= 11 is 1.77. The molecular weight excluding hydrogens is 661 g/mol. The fraction of sp³-hybridized carbons (Fsp3) is 0.405. The number of allylic oxidation sites excluding steroid dienone is 2. The van der Waals surface area contributed by atoms with Crippen molar-refractivity contribution in [2.45, 2.75) is 75.9 Å². The molecule has 6 nitrogen and oxygen atoms in total. The van der Waals surface area contributed by atoms with Crippen LogP contribution in [0.5, 0.6) is 0 Å². The van der Waals surface area contributed by atoms with Crippen molar-refractivity contribution in [1.29, 1.82) is 0 Å². The van der Waals surface area contributed by atoms with Gasteiger partial charge in [-0.25, -0.2) is 0 Å². The molecule has 0 unspecified atom stereocenters. The average Bonchev–Trinajstić information content (AvgIpc) is 3.84. The lowest BCUT2D eigenvalue weighted by molar-refractivity contribution is -0.176. The summed E-state index contributed by atoms with van der Waals surface area (Å²) in [5, 5.41) is 14.9. The molecule has 0 amide bonds. The molecule has 50 heavy (non-hydrogen) atoms. The predicted octanol–water partition coefficient (Wildman–Crippen LogP) is 8.10. The van der Waals surface area contributed by atoms with Crippen LogP contribution in [0.2, 0.25) is 5.04 Å². The lowest BCUT2D eigenvalue weighted by atomic mass is 9.88. The van der Waals surface area contributed by atoms with Crippen LogP contribution in [-0.2, 0) is 23.4 Å². The third-order valence-corrected chi connectivity index (χ3v) is 16.4. The van der Waals surface area contributed by atoms with E-state index in [1.807, 2.05) is 0 Å². The van der Waals surface area contributed by atoms with Crippen LogP contribution < -0.4 is 10.4 Å². The highest BCUT2D eigenvalue weighted by molar-refractivity contribution is 7.19. The Kier molecular flexibility index (Phi) is 11.6. The summed E-state index contributed by atoms with van der Waals surface area (Å²) in [5.74, 6) is -1.35. The normalized spacial score (nSPS) is 21.5. The van der Waals surface area contributed by atoms with Crippen LogP contribution in [0.4, 0.5) is 0 Å². The fourth-order valence-corrected chi connectivity index (χ4v) is 13.6. The highest BCUT2D eigenvalue weighted by Gasteiger charge is 2.56. The Bertz CT molecular complexity index is 1680. The first-order valence-corrected chi connectivity index (χ1v) is 20.5. The first-order valence-electron chi connectivity index (χ1n) is 17.8. The van der Waals surface area contributed by atoms with Gasteiger partial charge < -0.3 is 23.7 Å². The SMILES string of the molecule is COC(=O)CCCC=CC[C@H]1[C@H](O)CC2(OCCO2)[C@H]1C=C[C@@H](O[Si](c1ccccc1)(c1ccccc1)C(C)(C)C)c1cc2ccccc2s1. The summed E-state index contributed by atoms with van der Waals surface area (Å²) < 4.78 is 26.5. The molecule has 3 aromatic carbocycles. The zero-order chi connectivity index (χ0) is 35.2. The van der Waals surface area contributed by atoms with E-state index < -0.39 is 20.2 Å². The molecule has 1 aliphatic heterocycles. The minimum Gasteiger partial charge on any atom is -0.469 e. The molecule has 1 spiro atoms. The number of fused-ring (bicyclic) bond motifs is 1. The molecule has 264 valence electrons. The Hall–Kier alpha value is -3.37. The molecule has 4 atom stereocenters. The average molecular weight is 711 g/mol. The third kappa shape index (κ3) is 7.61.